The summed E-state index contributed by atoms with van der Waals surface area (Å²) in [5.74, 6) is 0.464. The quantitative estimate of drug-likeness (QED) is 0.917. The van der Waals surface area contributed by atoms with Crippen LogP contribution in [-0.2, 0) is 6.54 Å². The Morgan fingerprint density at radius 2 is 1.92 bits per heavy atom. The lowest BCUT2D eigenvalue weighted by Crippen LogP contribution is -2.54. The standard InChI is InChI=1S/C19H29FN2O2/c1-24-16-6-7-17(20)15(12-16)13-21-11-8-18(19(23)14-21)22-9-4-2-3-5-10-22/h6-7,12,18-19,23H,2-5,8-11,13-14H2,1H3/t18-,19-/m1/s1. The van der Waals surface area contributed by atoms with Gasteiger partial charge in [-0.3, -0.25) is 9.80 Å². The van der Waals surface area contributed by atoms with Crippen LogP contribution in [0.5, 0.6) is 5.75 Å². The van der Waals surface area contributed by atoms with E-state index in [2.05, 4.69) is 9.80 Å². The molecule has 0 radical (unpaired) electrons. The van der Waals surface area contributed by atoms with E-state index >= 15 is 0 Å². The molecule has 2 saturated heterocycles. The molecule has 0 unspecified atom stereocenters. The zero-order valence-electron chi connectivity index (χ0n) is 14.6. The summed E-state index contributed by atoms with van der Waals surface area (Å²) in [6.45, 7) is 4.23. The van der Waals surface area contributed by atoms with Gasteiger partial charge < -0.3 is 9.84 Å². The number of nitrogens with zero attached hydrogens (tertiary/aromatic N) is 2. The molecule has 0 aromatic heterocycles. The minimum atomic E-state index is -0.356. The number of methoxy groups -OCH3 is 1. The lowest BCUT2D eigenvalue weighted by molar-refractivity contribution is -0.0146. The van der Waals surface area contributed by atoms with Crippen molar-refractivity contribution in [3.8, 4) is 5.75 Å². The van der Waals surface area contributed by atoms with E-state index in [9.17, 15) is 9.50 Å². The average molecular weight is 336 g/mol. The summed E-state index contributed by atoms with van der Waals surface area (Å²) in [7, 11) is 1.59. The molecule has 2 heterocycles. The van der Waals surface area contributed by atoms with Crippen molar-refractivity contribution in [1.29, 1.82) is 0 Å². The van der Waals surface area contributed by atoms with Crippen molar-refractivity contribution in [1.82, 2.24) is 9.80 Å². The topological polar surface area (TPSA) is 35.9 Å². The van der Waals surface area contributed by atoms with Gasteiger partial charge in [-0.25, -0.2) is 4.39 Å². The fraction of sp³-hybridized carbons (Fsp3) is 0.684. The molecular weight excluding hydrogens is 307 g/mol. The fourth-order valence-electron chi connectivity index (χ4n) is 4.02. The molecule has 0 spiro atoms. The van der Waals surface area contributed by atoms with Gasteiger partial charge in [0.25, 0.3) is 0 Å². The molecule has 3 rings (SSSR count). The van der Waals surface area contributed by atoms with Crippen molar-refractivity contribution in [2.75, 3.05) is 33.3 Å². The number of β-amino-alcohol motifs (C(OH)–C–C–N with tert-alkyl or cyclic N) is 1. The summed E-state index contributed by atoms with van der Waals surface area (Å²) in [4.78, 5) is 4.62. The van der Waals surface area contributed by atoms with Crippen LogP contribution in [0.4, 0.5) is 4.39 Å². The lowest BCUT2D eigenvalue weighted by Gasteiger charge is -2.41. The van der Waals surface area contributed by atoms with Crippen molar-refractivity contribution in [3.63, 3.8) is 0 Å². The summed E-state index contributed by atoms with van der Waals surface area (Å²) >= 11 is 0. The highest BCUT2D eigenvalue weighted by atomic mass is 19.1. The first-order valence-electron chi connectivity index (χ1n) is 9.14. The zero-order valence-corrected chi connectivity index (χ0v) is 14.6. The van der Waals surface area contributed by atoms with Crippen LogP contribution < -0.4 is 4.74 Å². The number of ether oxygens (including phenoxy) is 1. The monoisotopic (exact) mass is 336 g/mol. The average Bonchev–Trinajstić information content (AvgIpc) is 2.86. The number of rotatable bonds is 4. The molecule has 134 valence electrons. The van der Waals surface area contributed by atoms with Gasteiger partial charge >= 0.3 is 0 Å². The number of hydrogen-bond donors (Lipinski definition) is 1. The summed E-state index contributed by atoms with van der Waals surface area (Å²) in [5.41, 5.74) is 0.634. The minimum Gasteiger partial charge on any atom is -0.497 e. The van der Waals surface area contributed by atoms with E-state index in [1.165, 1.54) is 31.7 Å². The summed E-state index contributed by atoms with van der Waals surface area (Å²) in [5, 5.41) is 10.6. The molecule has 2 atom stereocenters. The largest absolute Gasteiger partial charge is 0.497 e. The van der Waals surface area contributed by atoms with E-state index in [0.29, 0.717) is 24.4 Å². The van der Waals surface area contributed by atoms with Crippen LogP contribution in [0.25, 0.3) is 0 Å². The van der Waals surface area contributed by atoms with Gasteiger partial charge in [-0.05, 0) is 50.6 Å². The number of likely N-dealkylation sites (tertiary alicyclic amines) is 2. The summed E-state index contributed by atoms with van der Waals surface area (Å²) in [6.07, 6.45) is 5.68. The molecular formula is C19H29FN2O2. The first-order chi connectivity index (χ1) is 11.7. The van der Waals surface area contributed by atoms with Crippen LogP contribution in [0.1, 0.15) is 37.7 Å². The van der Waals surface area contributed by atoms with Crippen molar-refractivity contribution < 1.29 is 14.2 Å². The summed E-state index contributed by atoms with van der Waals surface area (Å²) in [6, 6.07) is 5.10. The smallest absolute Gasteiger partial charge is 0.127 e. The second-order valence-corrected chi connectivity index (χ2v) is 7.07. The number of benzene rings is 1. The number of halogens is 1. The number of aliphatic hydroxyl groups is 1. The van der Waals surface area contributed by atoms with Crippen LogP contribution in [0, 0.1) is 5.82 Å². The maximum absolute atomic E-state index is 14.0. The third-order valence-electron chi connectivity index (χ3n) is 5.39. The van der Waals surface area contributed by atoms with E-state index in [-0.39, 0.29) is 18.0 Å². The molecule has 5 heteroatoms. The van der Waals surface area contributed by atoms with E-state index < -0.39 is 0 Å². The van der Waals surface area contributed by atoms with Gasteiger partial charge in [0, 0.05) is 31.2 Å². The molecule has 0 saturated carbocycles. The van der Waals surface area contributed by atoms with E-state index in [1.807, 2.05) is 0 Å². The Labute approximate surface area is 144 Å². The minimum absolute atomic E-state index is 0.208. The van der Waals surface area contributed by atoms with E-state index in [1.54, 1.807) is 19.2 Å². The zero-order chi connectivity index (χ0) is 16.9. The SMILES string of the molecule is COc1ccc(F)c(CN2CC[C@@H](N3CCCCCC3)[C@H](O)C2)c1. The molecule has 2 fully saturated rings. The molecule has 1 N–H and O–H groups in total. The Morgan fingerprint density at radius 1 is 1.17 bits per heavy atom. The molecule has 1 aromatic rings. The second kappa shape index (κ2) is 8.28. The second-order valence-electron chi connectivity index (χ2n) is 7.07. The third kappa shape index (κ3) is 4.26. The van der Waals surface area contributed by atoms with Crippen LogP contribution >= 0.6 is 0 Å². The predicted molar refractivity (Wildman–Crippen MR) is 92.7 cm³/mol. The third-order valence-corrected chi connectivity index (χ3v) is 5.39. The Bertz CT molecular complexity index is 532. The van der Waals surface area contributed by atoms with Gasteiger partial charge in [-0.2, -0.15) is 0 Å². The maximum atomic E-state index is 14.0. The van der Waals surface area contributed by atoms with Gasteiger partial charge in [0.15, 0.2) is 0 Å². The number of hydrogen-bond acceptors (Lipinski definition) is 4. The first-order valence-corrected chi connectivity index (χ1v) is 9.14. The molecule has 0 aliphatic carbocycles. The normalized spacial score (nSPS) is 27.0. The predicted octanol–water partition coefficient (Wildman–Crippen LogP) is 2.65. The van der Waals surface area contributed by atoms with Crippen LogP contribution in [0.2, 0.25) is 0 Å². The molecule has 0 amide bonds. The van der Waals surface area contributed by atoms with Crippen molar-refractivity contribution in [2.24, 2.45) is 0 Å². The molecule has 1 aromatic carbocycles. The lowest BCUT2D eigenvalue weighted by atomic mass is 9.99. The Balaban J connectivity index is 1.59. The molecule has 2 aliphatic heterocycles. The van der Waals surface area contributed by atoms with E-state index in [4.69, 9.17) is 4.74 Å². The molecule has 2 aliphatic rings. The Hall–Kier alpha value is -1.17. The van der Waals surface area contributed by atoms with Crippen molar-refractivity contribution >= 4 is 0 Å². The van der Waals surface area contributed by atoms with E-state index in [0.717, 1.165) is 26.1 Å². The molecule has 4 nitrogen and oxygen atoms in total. The highest BCUT2D eigenvalue weighted by Gasteiger charge is 2.32. The summed E-state index contributed by atoms with van der Waals surface area (Å²) < 4.78 is 19.2. The van der Waals surface area contributed by atoms with Gasteiger partial charge in [0.2, 0.25) is 0 Å². The van der Waals surface area contributed by atoms with Crippen LogP contribution in [0.15, 0.2) is 18.2 Å². The maximum Gasteiger partial charge on any atom is 0.127 e. The first kappa shape index (κ1) is 17.6. The van der Waals surface area contributed by atoms with Crippen LogP contribution in [0.3, 0.4) is 0 Å². The Morgan fingerprint density at radius 3 is 2.58 bits per heavy atom. The van der Waals surface area contributed by atoms with Crippen molar-refractivity contribution in [3.05, 3.63) is 29.6 Å². The number of piperidine rings is 1. The van der Waals surface area contributed by atoms with Crippen molar-refractivity contribution in [2.45, 2.75) is 50.8 Å². The Kier molecular flexibility index (Phi) is 6.09. The fourth-order valence-corrected chi connectivity index (χ4v) is 4.02. The molecule has 24 heavy (non-hydrogen) atoms. The van der Waals surface area contributed by atoms with Gasteiger partial charge in [0.1, 0.15) is 11.6 Å². The highest BCUT2D eigenvalue weighted by molar-refractivity contribution is 5.29. The number of aliphatic hydroxyl groups excluding tert-OH is 1. The molecule has 0 bridgehead atoms. The van der Waals surface area contributed by atoms with Gasteiger partial charge in [-0.1, -0.05) is 12.8 Å². The highest BCUT2D eigenvalue weighted by Crippen LogP contribution is 2.24. The van der Waals surface area contributed by atoms with Crippen LogP contribution in [-0.4, -0.2) is 60.3 Å². The van der Waals surface area contributed by atoms with Gasteiger partial charge in [0.05, 0.1) is 13.2 Å². The van der Waals surface area contributed by atoms with Gasteiger partial charge in [-0.15, -0.1) is 0 Å².